The molecule has 14 amide bonds. The standard InChI is InChI=1S/C75H126N22O22/c1-41(2)33-53(89-66(111)46(9)85-71(116)61(42(3)4)91-73(118)63(47(10)98)92-65(110)44(7)76)74(119)97-24-14-17-54(97)70(115)83-35-55(100)82-36-56(101)86-52(34-48-18-20-49(99)21-19-48)69(114)90-62(43(5)6)72(117)88-51(16-13-23-81-75(78)79)68(113)87-50(67(112)84-45(8)64(77)109)15-11-12-22-80-57(102)37-93-25-27-94(38-58(103)104)29-31-96(40-60(107)108)32-30-95(28-26-93)39-59(105)106/h18-21,41-47,50-54,61-63,98-99H,11-17,22-40,76H2,1-10H3,(H2,77,109)(H,80,102)(H,82,100)(H,83,115)(H,84,112)(H,85,116)(H,86,101)(H,87,113)(H,88,117)(H,89,111)(H,90,114)(H,91,118)(H,92,110)(H,103,104)(H,105,106)(H,107,108)(H4,78,79,81). The molecule has 12 atom stereocenters. The van der Waals surface area contributed by atoms with Gasteiger partial charge in [0.25, 0.3) is 0 Å². The van der Waals surface area contributed by atoms with E-state index >= 15 is 0 Å². The first kappa shape index (κ1) is 102. The fourth-order valence-electron chi connectivity index (χ4n) is 12.7. The number of likely N-dealkylation sites (tertiary alicyclic amines) is 1. The van der Waals surface area contributed by atoms with Crippen molar-refractivity contribution in [3.63, 3.8) is 0 Å². The molecule has 2 heterocycles. The number of phenolic OH excluding ortho intramolecular Hbond substituents is 1. The predicted octanol–water partition coefficient (Wildman–Crippen LogP) is -8.05. The van der Waals surface area contributed by atoms with E-state index in [1.54, 1.807) is 61.1 Å². The van der Waals surface area contributed by atoms with E-state index in [-0.39, 0.29) is 167 Å². The van der Waals surface area contributed by atoms with E-state index in [4.69, 9.17) is 22.9 Å². The van der Waals surface area contributed by atoms with Crippen molar-refractivity contribution < 1.29 is 107 Å². The third-order valence-electron chi connectivity index (χ3n) is 19.4. The maximum Gasteiger partial charge on any atom is 0.317 e. The van der Waals surface area contributed by atoms with Crippen LogP contribution in [0.25, 0.3) is 0 Å². The number of hydrogen-bond donors (Lipinski definition) is 21. The van der Waals surface area contributed by atoms with Crippen LogP contribution in [0, 0.1) is 17.8 Å². The van der Waals surface area contributed by atoms with E-state index in [0.717, 1.165) is 0 Å². The first-order valence-corrected chi connectivity index (χ1v) is 39.8. The summed E-state index contributed by atoms with van der Waals surface area (Å²) in [6.07, 6.45) is -0.846. The molecule has 0 saturated carbocycles. The average Bonchev–Trinajstić information content (AvgIpc) is 1.74. The first-order chi connectivity index (χ1) is 55.8. The molecular formula is C75H126N22O22. The molecule has 2 aliphatic heterocycles. The summed E-state index contributed by atoms with van der Waals surface area (Å²) in [5.74, 6) is -16.6. The Morgan fingerprint density at radius 2 is 0.908 bits per heavy atom. The Balaban J connectivity index is 1.76. The van der Waals surface area contributed by atoms with Crippen LogP contribution in [0.3, 0.4) is 0 Å². The van der Waals surface area contributed by atoms with Crippen molar-refractivity contribution in [2.75, 3.05) is 111 Å². The number of guanidine groups is 1. The third kappa shape index (κ3) is 39.0. The number of phenols is 1. The molecule has 12 unspecified atom stereocenters. The summed E-state index contributed by atoms with van der Waals surface area (Å²) in [5.41, 5.74) is 22.7. The summed E-state index contributed by atoms with van der Waals surface area (Å²) in [6.45, 7) is 14.0. The second-order valence-corrected chi connectivity index (χ2v) is 30.9. The fraction of sp³-hybridized carbons (Fsp3) is 0.680. The smallest absolute Gasteiger partial charge is 0.317 e. The van der Waals surface area contributed by atoms with Crippen molar-refractivity contribution in [1.29, 1.82) is 0 Å². The Morgan fingerprint density at radius 3 is 1.39 bits per heavy atom. The highest BCUT2D eigenvalue weighted by Crippen LogP contribution is 2.22. The summed E-state index contributed by atoms with van der Waals surface area (Å²) in [6, 6.07) is -8.81. The molecule has 119 heavy (non-hydrogen) atoms. The van der Waals surface area contributed by atoms with Crippen molar-refractivity contribution in [3.05, 3.63) is 29.8 Å². The SMILES string of the molecule is CC(C)CC(NC(=O)C(C)NC(=O)C(NC(=O)C(NC(=O)C(C)N)C(C)O)C(C)C)C(=O)N1CCCC1C(=O)NCC(=O)NCC(=O)NC(Cc1ccc(O)cc1)C(=O)NC(C(=O)NC(CCCN=C(N)N)C(=O)NC(CCCCNC(=O)CN1CCN(CC(=O)O)CCN(CC(=O)O)CCN(CC(=O)O)CC1)C(=O)NC(C)C(N)=O)C(C)C. The molecule has 44 nitrogen and oxygen atoms in total. The highest BCUT2D eigenvalue weighted by atomic mass is 16.4. The number of amides is 14. The predicted molar refractivity (Wildman–Crippen MR) is 430 cm³/mol. The number of aliphatic hydroxyl groups is 1. The van der Waals surface area contributed by atoms with Gasteiger partial charge in [-0.3, -0.25) is 106 Å². The number of primary amides is 1. The minimum Gasteiger partial charge on any atom is -0.508 e. The van der Waals surface area contributed by atoms with Gasteiger partial charge in [-0.2, -0.15) is 0 Å². The lowest BCUT2D eigenvalue weighted by Gasteiger charge is -2.32. The topological polar surface area (TPSA) is 668 Å². The zero-order chi connectivity index (χ0) is 89.5. The van der Waals surface area contributed by atoms with Gasteiger partial charge in [0.1, 0.15) is 66.2 Å². The van der Waals surface area contributed by atoms with Gasteiger partial charge in [0, 0.05) is 78.4 Å². The van der Waals surface area contributed by atoms with Crippen LogP contribution in [0.15, 0.2) is 29.3 Å². The first-order valence-electron chi connectivity index (χ1n) is 39.8. The molecule has 3 rings (SSSR count). The number of carboxylic acids is 3. The molecule has 1 aromatic rings. The number of benzene rings is 1. The van der Waals surface area contributed by atoms with Crippen LogP contribution in [-0.2, 0) is 87.9 Å². The van der Waals surface area contributed by atoms with E-state index < -0.39 is 198 Å². The van der Waals surface area contributed by atoms with Gasteiger partial charge < -0.3 is 117 Å². The molecule has 2 fully saturated rings. The molecular weight excluding hydrogens is 1560 g/mol. The number of rotatable bonds is 48. The second-order valence-electron chi connectivity index (χ2n) is 30.9. The molecule has 0 spiro atoms. The number of aliphatic carboxylic acids is 3. The number of aliphatic hydroxyl groups excluding tert-OH is 1. The van der Waals surface area contributed by atoms with E-state index in [9.17, 15) is 107 Å². The van der Waals surface area contributed by atoms with Crippen LogP contribution in [0.1, 0.15) is 126 Å². The minimum absolute atomic E-state index is 0.0351. The average molecular weight is 1690 g/mol. The van der Waals surface area contributed by atoms with Gasteiger partial charge in [0.15, 0.2) is 5.96 Å². The summed E-state index contributed by atoms with van der Waals surface area (Å²) >= 11 is 0. The Kier molecular flexibility index (Phi) is 44.7. The number of aliphatic imine (C=N–C) groups is 1. The molecule has 0 aromatic heterocycles. The largest absolute Gasteiger partial charge is 0.508 e. The van der Waals surface area contributed by atoms with Crippen LogP contribution in [-0.4, -0.2) is 340 Å². The van der Waals surface area contributed by atoms with Crippen molar-refractivity contribution in [2.45, 2.75) is 200 Å². The van der Waals surface area contributed by atoms with Crippen molar-refractivity contribution in [1.82, 2.24) is 88.3 Å². The number of aromatic hydroxyl groups is 1. The molecule has 668 valence electrons. The second kappa shape index (κ2) is 52.1. The minimum atomic E-state index is -1.49. The van der Waals surface area contributed by atoms with Crippen molar-refractivity contribution in [2.24, 2.45) is 45.7 Å². The van der Waals surface area contributed by atoms with Gasteiger partial charge in [0.05, 0.1) is 51.4 Å². The number of nitrogens with two attached hydrogens (primary N) is 4. The number of carboxylic acid groups (broad SMARTS) is 3. The zero-order valence-corrected chi connectivity index (χ0v) is 69.5. The normalized spacial score (nSPS) is 17.3. The Morgan fingerprint density at radius 1 is 0.462 bits per heavy atom. The van der Waals surface area contributed by atoms with Gasteiger partial charge in [-0.1, -0.05) is 53.7 Å². The Hall–Kier alpha value is -11.0. The molecule has 0 radical (unpaired) electrons. The van der Waals surface area contributed by atoms with Gasteiger partial charge in [0.2, 0.25) is 82.7 Å². The number of hydrogen-bond acceptors (Lipinski definition) is 25. The summed E-state index contributed by atoms with van der Waals surface area (Å²) in [7, 11) is 0. The maximum absolute atomic E-state index is 14.5. The number of carbonyl (C=O) groups excluding carboxylic acids is 14. The quantitative estimate of drug-likeness (QED) is 0.0164. The maximum atomic E-state index is 14.5. The fourth-order valence-corrected chi connectivity index (χ4v) is 12.7. The third-order valence-corrected chi connectivity index (χ3v) is 19.4. The van der Waals surface area contributed by atoms with Gasteiger partial charge >= 0.3 is 17.9 Å². The van der Waals surface area contributed by atoms with E-state index in [1.165, 1.54) is 56.9 Å². The Labute approximate surface area is 691 Å². The lowest BCUT2D eigenvalue weighted by atomic mass is 9.99. The lowest BCUT2D eigenvalue weighted by Crippen LogP contribution is -2.61. The highest BCUT2D eigenvalue weighted by molar-refractivity contribution is 5.99. The van der Waals surface area contributed by atoms with Crippen LogP contribution in [0.4, 0.5) is 0 Å². The summed E-state index contributed by atoms with van der Waals surface area (Å²) in [4.78, 5) is 238. The van der Waals surface area contributed by atoms with Crippen LogP contribution < -0.4 is 86.7 Å². The van der Waals surface area contributed by atoms with Crippen molar-refractivity contribution >= 4 is 107 Å². The molecule has 0 bridgehead atoms. The lowest BCUT2D eigenvalue weighted by molar-refractivity contribution is -0.142. The van der Waals surface area contributed by atoms with E-state index in [0.29, 0.717) is 12.0 Å². The number of unbranched alkanes of at least 4 members (excludes halogenated alkanes) is 1. The molecule has 1 aromatic carbocycles. The van der Waals surface area contributed by atoms with E-state index in [2.05, 4.69) is 68.8 Å². The zero-order valence-electron chi connectivity index (χ0n) is 69.5. The monoisotopic (exact) mass is 1690 g/mol. The number of nitrogens with zero attached hydrogens (tertiary/aromatic N) is 6. The molecule has 2 saturated heterocycles. The molecule has 44 heteroatoms. The van der Waals surface area contributed by atoms with Crippen LogP contribution >= 0.6 is 0 Å². The van der Waals surface area contributed by atoms with Crippen molar-refractivity contribution in [3.8, 4) is 5.75 Å². The Bertz CT molecular complexity index is 3610. The summed E-state index contributed by atoms with van der Waals surface area (Å²) in [5, 5.41) is 79.8. The van der Waals surface area contributed by atoms with Gasteiger partial charge in [-0.05, 0) is 115 Å². The van der Waals surface area contributed by atoms with Gasteiger partial charge in [-0.15, -0.1) is 0 Å². The number of carbonyl (C=O) groups is 17. The highest BCUT2D eigenvalue weighted by Gasteiger charge is 2.41. The van der Waals surface area contributed by atoms with Crippen LogP contribution in [0.5, 0.6) is 5.75 Å². The number of nitrogens with one attached hydrogen (secondary N) is 12. The molecule has 25 N–H and O–H groups in total. The molecule has 2 aliphatic rings. The van der Waals surface area contributed by atoms with Gasteiger partial charge in [-0.25, -0.2) is 0 Å². The van der Waals surface area contributed by atoms with E-state index in [1.807, 2.05) is 0 Å². The molecule has 0 aliphatic carbocycles. The van der Waals surface area contributed by atoms with Crippen LogP contribution in [0.2, 0.25) is 0 Å². The summed E-state index contributed by atoms with van der Waals surface area (Å²) < 4.78 is 0.